The molecule has 0 bridgehead atoms. The highest BCUT2D eigenvalue weighted by Gasteiger charge is 2.16. The Balaban J connectivity index is 2.46. The fourth-order valence-corrected chi connectivity index (χ4v) is 1.51. The van der Waals surface area contributed by atoms with Gasteiger partial charge >= 0.3 is 6.03 Å². The van der Waals surface area contributed by atoms with Crippen LogP contribution in [-0.4, -0.2) is 24.1 Å². The average Bonchev–Trinajstić information content (AvgIpc) is 2.24. The Kier molecular flexibility index (Phi) is 4.96. The van der Waals surface area contributed by atoms with E-state index in [0.717, 1.165) is 5.56 Å². The van der Waals surface area contributed by atoms with Gasteiger partial charge in [0.05, 0.1) is 0 Å². The molecule has 0 saturated carbocycles. The van der Waals surface area contributed by atoms with E-state index in [0.29, 0.717) is 11.4 Å². The summed E-state index contributed by atoms with van der Waals surface area (Å²) in [5.41, 5.74) is 6.68. The molecular formula is C14H21N3O3. The van der Waals surface area contributed by atoms with E-state index < -0.39 is 17.5 Å². The van der Waals surface area contributed by atoms with Crippen LogP contribution in [0.2, 0.25) is 0 Å². The van der Waals surface area contributed by atoms with Crippen molar-refractivity contribution in [2.45, 2.75) is 33.2 Å². The van der Waals surface area contributed by atoms with Gasteiger partial charge in [-0.2, -0.15) is 0 Å². The number of nitrogen functional groups attached to an aromatic ring is 1. The van der Waals surface area contributed by atoms with E-state index >= 15 is 0 Å². The Bertz CT molecular complexity index is 507. The fourth-order valence-electron chi connectivity index (χ4n) is 1.51. The summed E-state index contributed by atoms with van der Waals surface area (Å²) in [6.07, 6.45) is 0. The lowest BCUT2D eigenvalue weighted by molar-refractivity contribution is -0.122. The van der Waals surface area contributed by atoms with Gasteiger partial charge in [0.15, 0.2) is 6.61 Å². The average molecular weight is 279 g/mol. The van der Waals surface area contributed by atoms with E-state index in [-0.39, 0.29) is 6.61 Å². The summed E-state index contributed by atoms with van der Waals surface area (Å²) in [5.74, 6) is 0.0496. The summed E-state index contributed by atoms with van der Waals surface area (Å²) >= 11 is 0. The van der Waals surface area contributed by atoms with Crippen LogP contribution in [0.5, 0.6) is 5.75 Å². The zero-order valence-corrected chi connectivity index (χ0v) is 12.2. The van der Waals surface area contributed by atoms with Gasteiger partial charge in [-0.3, -0.25) is 10.1 Å². The Labute approximate surface area is 118 Å². The number of hydrogen-bond acceptors (Lipinski definition) is 4. The summed E-state index contributed by atoms with van der Waals surface area (Å²) in [5, 5.41) is 4.82. The molecule has 3 amide bonds. The van der Waals surface area contributed by atoms with Crippen molar-refractivity contribution in [1.29, 1.82) is 0 Å². The highest BCUT2D eigenvalue weighted by Crippen LogP contribution is 2.19. The second-order valence-corrected chi connectivity index (χ2v) is 5.57. The quantitative estimate of drug-likeness (QED) is 0.732. The predicted molar refractivity (Wildman–Crippen MR) is 77.5 cm³/mol. The SMILES string of the molecule is Cc1cc(N)ccc1OCC(=O)NC(=O)NC(C)(C)C. The van der Waals surface area contributed by atoms with Crippen LogP contribution in [0.1, 0.15) is 26.3 Å². The highest BCUT2D eigenvalue weighted by atomic mass is 16.5. The number of amides is 3. The molecule has 110 valence electrons. The summed E-state index contributed by atoms with van der Waals surface area (Å²) in [7, 11) is 0. The number of carbonyl (C=O) groups excluding carboxylic acids is 2. The van der Waals surface area contributed by atoms with E-state index in [1.165, 1.54) is 0 Å². The van der Waals surface area contributed by atoms with Crippen molar-refractivity contribution in [1.82, 2.24) is 10.6 Å². The first-order chi connectivity index (χ1) is 9.17. The van der Waals surface area contributed by atoms with Crippen molar-refractivity contribution in [2.75, 3.05) is 12.3 Å². The van der Waals surface area contributed by atoms with Crippen molar-refractivity contribution in [3.8, 4) is 5.75 Å². The molecule has 0 aromatic heterocycles. The molecule has 0 aliphatic carbocycles. The minimum atomic E-state index is -0.542. The number of ether oxygens (including phenoxy) is 1. The lowest BCUT2D eigenvalue weighted by Crippen LogP contribution is -2.49. The normalized spacial score (nSPS) is 10.8. The topological polar surface area (TPSA) is 93.4 Å². The van der Waals surface area contributed by atoms with Crippen LogP contribution in [0.15, 0.2) is 18.2 Å². The van der Waals surface area contributed by atoms with Crippen LogP contribution < -0.4 is 21.1 Å². The number of hydrogen-bond donors (Lipinski definition) is 3. The molecule has 1 aromatic carbocycles. The summed E-state index contributed by atoms with van der Waals surface area (Å²) < 4.78 is 5.34. The molecule has 6 nitrogen and oxygen atoms in total. The van der Waals surface area contributed by atoms with Gasteiger partial charge in [0, 0.05) is 11.2 Å². The third kappa shape index (κ3) is 5.60. The number of imide groups is 1. The molecule has 0 unspecified atom stereocenters. The van der Waals surface area contributed by atoms with Crippen LogP contribution in [0, 0.1) is 6.92 Å². The first-order valence-corrected chi connectivity index (χ1v) is 6.28. The van der Waals surface area contributed by atoms with Gasteiger partial charge in [0.2, 0.25) is 0 Å². The standard InChI is InChI=1S/C14H21N3O3/c1-9-7-10(15)5-6-11(9)20-8-12(18)16-13(19)17-14(2,3)4/h5-7H,8,15H2,1-4H3,(H2,16,17,18,19). The number of anilines is 1. The van der Waals surface area contributed by atoms with Crippen LogP contribution in [0.3, 0.4) is 0 Å². The minimum absolute atomic E-state index is 0.234. The first kappa shape index (κ1) is 15.8. The molecule has 0 spiro atoms. The van der Waals surface area contributed by atoms with Crippen LogP contribution in [0.4, 0.5) is 10.5 Å². The molecule has 20 heavy (non-hydrogen) atoms. The zero-order valence-electron chi connectivity index (χ0n) is 12.2. The van der Waals surface area contributed by atoms with Gasteiger partial charge in [-0.1, -0.05) is 0 Å². The third-order valence-corrected chi connectivity index (χ3v) is 2.30. The number of carbonyl (C=O) groups is 2. The van der Waals surface area contributed by atoms with E-state index in [9.17, 15) is 9.59 Å². The number of benzene rings is 1. The van der Waals surface area contributed by atoms with Crippen LogP contribution in [-0.2, 0) is 4.79 Å². The maximum atomic E-state index is 11.6. The summed E-state index contributed by atoms with van der Waals surface area (Å²) in [6, 6.07) is 4.58. The fraction of sp³-hybridized carbons (Fsp3) is 0.429. The van der Waals surface area contributed by atoms with Crippen LogP contribution in [0.25, 0.3) is 0 Å². The predicted octanol–water partition coefficient (Wildman–Crippen LogP) is 1.58. The number of aryl methyl sites for hydroxylation is 1. The number of rotatable bonds is 3. The van der Waals surface area contributed by atoms with Gasteiger partial charge in [-0.05, 0) is 51.5 Å². The Morgan fingerprint density at radius 3 is 2.50 bits per heavy atom. The van der Waals surface area contributed by atoms with E-state index in [1.807, 2.05) is 27.7 Å². The summed E-state index contributed by atoms with van der Waals surface area (Å²) in [6.45, 7) is 7.07. The van der Waals surface area contributed by atoms with E-state index in [1.54, 1.807) is 18.2 Å². The van der Waals surface area contributed by atoms with Crippen molar-refractivity contribution < 1.29 is 14.3 Å². The highest BCUT2D eigenvalue weighted by molar-refractivity contribution is 5.95. The second-order valence-electron chi connectivity index (χ2n) is 5.57. The lowest BCUT2D eigenvalue weighted by atomic mass is 10.1. The molecule has 4 N–H and O–H groups in total. The zero-order chi connectivity index (χ0) is 15.3. The number of nitrogens with one attached hydrogen (secondary N) is 2. The monoisotopic (exact) mass is 279 g/mol. The maximum Gasteiger partial charge on any atom is 0.321 e. The van der Waals surface area contributed by atoms with Gasteiger partial charge in [-0.15, -0.1) is 0 Å². The van der Waals surface area contributed by atoms with Gasteiger partial charge < -0.3 is 15.8 Å². The smallest absolute Gasteiger partial charge is 0.321 e. The molecule has 1 aromatic rings. The Morgan fingerprint density at radius 1 is 1.30 bits per heavy atom. The number of nitrogens with two attached hydrogens (primary N) is 1. The van der Waals surface area contributed by atoms with E-state index in [2.05, 4.69) is 10.6 Å². The Morgan fingerprint density at radius 2 is 1.95 bits per heavy atom. The molecule has 0 aliphatic heterocycles. The van der Waals surface area contributed by atoms with Gasteiger partial charge in [0.1, 0.15) is 5.75 Å². The molecule has 1 rings (SSSR count). The lowest BCUT2D eigenvalue weighted by Gasteiger charge is -2.20. The number of urea groups is 1. The van der Waals surface area contributed by atoms with Crippen molar-refractivity contribution in [2.24, 2.45) is 0 Å². The first-order valence-electron chi connectivity index (χ1n) is 6.28. The largest absolute Gasteiger partial charge is 0.483 e. The molecule has 0 fully saturated rings. The van der Waals surface area contributed by atoms with Gasteiger partial charge in [0.25, 0.3) is 5.91 Å². The molecule has 0 aliphatic rings. The summed E-state index contributed by atoms with van der Waals surface area (Å²) in [4.78, 5) is 23.0. The second kappa shape index (κ2) is 6.27. The van der Waals surface area contributed by atoms with Crippen molar-refractivity contribution in [3.63, 3.8) is 0 Å². The molecule has 0 saturated heterocycles. The van der Waals surface area contributed by atoms with E-state index in [4.69, 9.17) is 10.5 Å². The maximum absolute atomic E-state index is 11.6. The van der Waals surface area contributed by atoms with Crippen LogP contribution >= 0.6 is 0 Å². The minimum Gasteiger partial charge on any atom is -0.483 e. The third-order valence-electron chi connectivity index (χ3n) is 2.30. The molecular weight excluding hydrogens is 258 g/mol. The van der Waals surface area contributed by atoms with Crippen molar-refractivity contribution >= 4 is 17.6 Å². The van der Waals surface area contributed by atoms with Gasteiger partial charge in [-0.25, -0.2) is 4.79 Å². The molecule has 0 atom stereocenters. The Hall–Kier alpha value is -2.24. The molecule has 0 heterocycles. The molecule has 6 heteroatoms. The van der Waals surface area contributed by atoms with Crippen molar-refractivity contribution in [3.05, 3.63) is 23.8 Å². The molecule has 0 radical (unpaired) electrons.